The van der Waals surface area contributed by atoms with E-state index in [0.29, 0.717) is 19.3 Å². The fourth-order valence-corrected chi connectivity index (χ4v) is 6.62. The number of thioether (sulfide) groups is 1. The summed E-state index contributed by atoms with van der Waals surface area (Å²) < 4.78 is 39.1. The van der Waals surface area contributed by atoms with Crippen LogP contribution in [0.5, 0.6) is 0 Å². The van der Waals surface area contributed by atoms with Gasteiger partial charge < -0.3 is 9.47 Å². The van der Waals surface area contributed by atoms with Gasteiger partial charge in [0, 0.05) is 17.3 Å². The van der Waals surface area contributed by atoms with Crippen molar-refractivity contribution < 1.29 is 36.5 Å². The van der Waals surface area contributed by atoms with Gasteiger partial charge in [-0.3, -0.25) is 13.8 Å². The van der Waals surface area contributed by atoms with Crippen LogP contribution in [0.3, 0.4) is 0 Å². The van der Waals surface area contributed by atoms with Crippen LogP contribution < -0.4 is 0 Å². The Kier molecular flexibility index (Phi) is 5.62. The minimum atomic E-state index is -3.57. The molecule has 5 unspecified atom stereocenters. The first kappa shape index (κ1) is 20.6. The second-order valence-electron chi connectivity index (χ2n) is 7.92. The largest absolute Gasteiger partial charge is 0.457 e. The smallest absolute Gasteiger partial charge is 0.344 e. The molecule has 2 saturated carbocycles. The quantitative estimate of drug-likeness (QED) is 0.444. The first-order valence-corrected chi connectivity index (χ1v) is 11.5. The van der Waals surface area contributed by atoms with E-state index < -0.39 is 51.5 Å². The number of hydrogen-bond donors (Lipinski definition) is 0. The molecule has 5 atom stereocenters. The molecule has 0 aromatic rings. The molecule has 2 aliphatic carbocycles. The van der Waals surface area contributed by atoms with Crippen LogP contribution in [0.2, 0.25) is 0 Å². The monoisotopic (exact) mass is 420 g/mol. The SMILES string of the molecule is CCC(C)(C)C(=O)SCC(=O)OCC(=O)OC1C2CC3C1OS(=O)(=O)C3C2. The van der Waals surface area contributed by atoms with Gasteiger partial charge in [-0.25, -0.2) is 4.79 Å². The highest BCUT2D eigenvalue weighted by Gasteiger charge is 2.65. The van der Waals surface area contributed by atoms with Crippen molar-refractivity contribution in [2.45, 2.75) is 57.5 Å². The lowest BCUT2D eigenvalue weighted by atomic mass is 9.92. The lowest BCUT2D eigenvalue weighted by molar-refractivity contribution is -0.166. The van der Waals surface area contributed by atoms with Crippen LogP contribution >= 0.6 is 11.8 Å². The van der Waals surface area contributed by atoms with Crippen LogP contribution in [0, 0.1) is 17.3 Å². The zero-order valence-electron chi connectivity index (χ0n) is 15.5. The summed E-state index contributed by atoms with van der Waals surface area (Å²) in [5.74, 6) is -1.74. The molecule has 3 rings (SSSR count). The molecule has 10 heteroatoms. The number of esters is 2. The van der Waals surface area contributed by atoms with E-state index in [1.165, 1.54) is 0 Å². The second-order valence-corrected chi connectivity index (χ2v) is 10.6. The maximum atomic E-state index is 12.0. The van der Waals surface area contributed by atoms with Gasteiger partial charge in [-0.05, 0) is 19.3 Å². The molecule has 1 heterocycles. The second kappa shape index (κ2) is 7.36. The highest BCUT2D eigenvalue weighted by Crippen LogP contribution is 2.55. The summed E-state index contributed by atoms with van der Waals surface area (Å²) >= 11 is 0.867. The number of fused-ring (bicyclic) bond motifs is 1. The first-order valence-electron chi connectivity index (χ1n) is 8.99. The number of rotatable bonds is 7. The van der Waals surface area contributed by atoms with E-state index in [0.717, 1.165) is 11.8 Å². The predicted octanol–water partition coefficient (Wildman–Crippen LogP) is 1.27. The molecular weight excluding hydrogens is 396 g/mol. The third kappa shape index (κ3) is 4.02. The lowest BCUT2D eigenvalue weighted by Gasteiger charge is -2.24. The average molecular weight is 421 g/mol. The van der Waals surface area contributed by atoms with Gasteiger partial charge in [0.25, 0.3) is 10.1 Å². The molecule has 27 heavy (non-hydrogen) atoms. The molecule has 0 N–H and O–H groups in total. The topological polar surface area (TPSA) is 113 Å². The Bertz CT molecular complexity index is 744. The van der Waals surface area contributed by atoms with Crippen molar-refractivity contribution in [3.63, 3.8) is 0 Å². The summed E-state index contributed by atoms with van der Waals surface area (Å²) in [6.45, 7) is 4.93. The number of hydrogen-bond acceptors (Lipinski definition) is 9. The Morgan fingerprint density at radius 1 is 1.19 bits per heavy atom. The molecule has 3 fully saturated rings. The minimum Gasteiger partial charge on any atom is -0.457 e. The van der Waals surface area contributed by atoms with Crippen molar-refractivity contribution in [3.05, 3.63) is 0 Å². The van der Waals surface area contributed by atoms with Crippen LogP contribution in [0.1, 0.15) is 40.0 Å². The molecule has 0 amide bonds. The van der Waals surface area contributed by atoms with Crippen LogP contribution in [-0.2, 0) is 38.2 Å². The van der Waals surface area contributed by atoms with Gasteiger partial charge in [0.05, 0.1) is 11.0 Å². The molecule has 1 aliphatic heterocycles. The third-order valence-electron chi connectivity index (χ3n) is 5.79. The normalized spacial score (nSPS) is 33.1. The molecular formula is C17H24O8S2. The zero-order chi connectivity index (χ0) is 20.0. The lowest BCUT2D eigenvalue weighted by Crippen LogP contribution is -2.38. The highest BCUT2D eigenvalue weighted by molar-refractivity contribution is 8.14. The maximum absolute atomic E-state index is 12.0. The fourth-order valence-electron chi connectivity index (χ4n) is 3.88. The van der Waals surface area contributed by atoms with Gasteiger partial charge in [-0.15, -0.1) is 0 Å². The summed E-state index contributed by atoms with van der Waals surface area (Å²) in [6, 6.07) is 0. The van der Waals surface area contributed by atoms with Gasteiger partial charge in [-0.1, -0.05) is 32.5 Å². The molecule has 0 spiro atoms. The molecule has 3 aliphatic rings. The van der Waals surface area contributed by atoms with E-state index in [2.05, 4.69) is 0 Å². The fraction of sp³-hybridized carbons (Fsp3) is 0.824. The van der Waals surface area contributed by atoms with Crippen molar-refractivity contribution in [1.29, 1.82) is 0 Å². The Labute approximate surface area is 162 Å². The number of ether oxygens (including phenoxy) is 2. The van der Waals surface area contributed by atoms with Crippen molar-refractivity contribution >= 4 is 38.9 Å². The Hall–Kier alpha value is -1.13. The Morgan fingerprint density at radius 3 is 2.56 bits per heavy atom. The summed E-state index contributed by atoms with van der Waals surface area (Å²) in [5, 5.41) is -0.595. The summed E-state index contributed by atoms with van der Waals surface area (Å²) in [7, 11) is -3.57. The molecule has 2 bridgehead atoms. The molecule has 152 valence electrons. The van der Waals surface area contributed by atoms with E-state index in [1.54, 1.807) is 13.8 Å². The van der Waals surface area contributed by atoms with Crippen LogP contribution in [0.25, 0.3) is 0 Å². The van der Waals surface area contributed by atoms with E-state index in [4.69, 9.17) is 13.7 Å². The average Bonchev–Trinajstić information content (AvgIpc) is 3.22. The van der Waals surface area contributed by atoms with E-state index in [9.17, 15) is 22.8 Å². The molecule has 8 nitrogen and oxygen atoms in total. The maximum Gasteiger partial charge on any atom is 0.344 e. The van der Waals surface area contributed by atoms with Gasteiger partial charge in [0.1, 0.15) is 12.2 Å². The van der Waals surface area contributed by atoms with Crippen molar-refractivity contribution in [1.82, 2.24) is 0 Å². The van der Waals surface area contributed by atoms with Crippen molar-refractivity contribution in [2.24, 2.45) is 17.3 Å². The molecule has 0 aromatic heterocycles. The van der Waals surface area contributed by atoms with Gasteiger partial charge in [0.2, 0.25) is 0 Å². The standard InChI is InChI=1S/C17H24O8S2/c1-4-17(2,3)16(20)26-8-13(19)23-7-12(18)24-14-9-5-10-11(6-9)27(21,22)25-15(10)14/h9-11,14-15H,4-8H2,1-3H3. The van der Waals surface area contributed by atoms with Gasteiger partial charge >= 0.3 is 11.9 Å². The van der Waals surface area contributed by atoms with Crippen molar-refractivity contribution in [3.8, 4) is 0 Å². The summed E-state index contributed by atoms with van der Waals surface area (Å²) in [6.07, 6.45) is 0.522. The zero-order valence-corrected chi connectivity index (χ0v) is 17.1. The summed E-state index contributed by atoms with van der Waals surface area (Å²) in [5.41, 5.74) is -0.523. The minimum absolute atomic E-state index is 0.0358. The van der Waals surface area contributed by atoms with Gasteiger partial charge in [-0.2, -0.15) is 8.42 Å². The van der Waals surface area contributed by atoms with E-state index >= 15 is 0 Å². The number of carbonyl (C=O) groups excluding carboxylic acids is 3. The third-order valence-corrected chi connectivity index (χ3v) is 8.76. The summed E-state index contributed by atoms with van der Waals surface area (Å²) in [4.78, 5) is 35.7. The molecule has 1 saturated heterocycles. The van der Waals surface area contributed by atoms with E-state index in [1.807, 2.05) is 6.92 Å². The highest BCUT2D eigenvalue weighted by atomic mass is 32.2. The van der Waals surface area contributed by atoms with Crippen LogP contribution in [-0.4, -0.2) is 55.3 Å². The Morgan fingerprint density at radius 2 is 1.89 bits per heavy atom. The molecule has 0 radical (unpaired) electrons. The predicted molar refractivity (Wildman–Crippen MR) is 96.2 cm³/mol. The van der Waals surface area contributed by atoms with Crippen molar-refractivity contribution in [2.75, 3.05) is 12.4 Å². The van der Waals surface area contributed by atoms with E-state index in [-0.39, 0.29) is 22.7 Å². The first-order chi connectivity index (χ1) is 12.5. The van der Waals surface area contributed by atoms with Gasteiger partial charge in [0.15, 0.2) is 11.7 Å². The van der Waals surface area contributed by atoms with Crippen LogP contribution in [0.15, 0.2) is 0 Å². The van der Waals surface area contributed by atoms with Crippen LogP contribution in [0.4, 0.5) is 0 Å². The molecule has 0 aromatic carbocycles. The number of carbonyl (C=O) groups is 3. The Balaban J connectivity index is 1.42.